The molecule has 0 atom stereocenters. The molecule has 1 nitrogen and oxygen atoms in total. The molecule has 0 spiro atoms. The van der Waals surface area contributed by atoms with E-state index in [1.165, 1.54) is 76.5 Å². The lowest BCUT2D eigenvalue weighted by molar-refractivity contribution is 1.12. The third-order valence-electron chi connectivity index (χ3n) is 8.52. The van der Waals surface area contributed by atoms with Gasteiger partial charge in [-0.2, -0.15) is 0 Å². The van der Waals surface area contributed by atoms with Crippen LogP contribution in [0.1, 0.15) is 11.4 Å². The largest absolute Gasteiger partial charge is 0.258 e. The van der Waals surface area contributed by atoms with Crippen LogP contribution in [0.4, 0.5) is 0 Å². The van der Waals surface area contributed by atoms with Gasteiger partial charge in [0, 0.05) is 11.4 Å². The van der Waals surface area contributed by atoms with Crippen LogP contribution in [-0.2, 0) is 0 Å². The standard InChI is InChI=1S/C41H29N/c1-26-21-35(22-27(2)42-26)32-19-20-38-39(25-32)41(34-18-16-29-10-4-6-12-31(29)24-34)37-14-8-7-13-36(37)40(38)33-17-15-28-9-3-5-11-30(28)23-33/h3-25H,1-2H3. The number of hydrogen-bond acceptors (Lipinski definition) is 1. The fourth-order valence-corrected chi connectivity index (χ4v) is 6.67. The van der Waals surface area contributed by atoms with Gasteiger partial charge in [-0.25, -0.2) is 0 Å². The first-order chi connectivity index (χ1) is 20.6. The number of benzene rings is 7. The van der Waals surface area contributed by atoms with E-state index in [0.717, 1.165) is 11.4 Å². The molecule has 0 fully saturated rings. The van der Waals surface area contributed by atoms with E-state index in [0.29, 0.717) is 0 Å². The lowest BCUT2D eigenvalue weighted by atomic mass is 9.84. The van der Waals surface area contributed by atoms with Crippen LogP contribution in [0.5, 0.6) is 0 Å². The fourth-order valence-electron chi connectivity index (χ4n) is 6.67. The second-order valence-corrected chi connectivity index (χ2v) is 11.3. The molecule has 0 radical (unpaired) electrons. The molecule has 7 aromatic carbocycles. The Hall–Kier alpha value is -5.27. The maximum atomic E-state index is 4.64. The first-order valence-corrected chi connectivity index (χ1v) is 14.5. The molecule has 0 saturated heterocycles. The maximum absolute atomic E-state index is 4.64. The Morgan fingerprint density at radius 3 is 1.36 bits per heavy atom. The normalized spacial score (nSPS) is 11.6. The van der Waals surface area contributed by atoms with Gasteiger partial charge in [-0.15, -0.1) is 0 Å². The zero-order chi connectivity index (χ0) is 28.2. The van der Waals surface area contributed by atoms with E-state index in [1.807, 2.05) is 0 Å². The van der Waals surface area contributed by atoms with Gasteiger partial charge >= 0.3 is 0 Å². The SMILES string of the molecule is Cc1cc(-c2ccc3c(-c4ccc5ccccc5c4)c4ccccc4c(-c4ccc5ccccc5c4)c3c2)cc(C)n1. The summed E-state index contributed by atoms with van der Waals surface area (Å²) in [5.74, 6) is 0. The van der Waals surface area contributed by atoms with Crippen molar-refractivity contribution >= 4 is 43.1 Å². The molecule has 1 aromatic heterocycles. The van der Waals surface area contributed by atoms with Gasteiger partial charge < -0.3 is 0 Å². The maximum Gasteiger partial charge on any atom is 0.0382 e. The Morgan fingerprint density at radius 1 is 0.333 bits per heavy atom. The van der Waals surface area contributed by atoms with Crippen LogP contribution in [0, 0.1) is 13.8 Å². The summed E-state index contributed by atoms with van der Waals surface area (Å²) in [5.41, 5.74) is 9.52. The molecule has 0 unspecified atom stereocenters. The van der Waals surface area contributed by atoms with E-state index in [2.05, 4.69) is 158 Å². The molecule has 0 saturated carbocycles. The summed E-state index contributed by atoms with van der Waals surface area (Å²) < 4.78 is 0. The first-order valence-electron chi connectivity index (χ1n) is 14.5. The Balaban J connectivity index is 1.51. The predicted molar refractivity (Wildman–Crippen MR) is 180 cm³/mol. The highest BCUT2D eigenvalue weighted by Gasteiger charge is 2.18. The molecule has 42 heavy (non-hydrogen) atoms. The predicted octanol–water partition coefficient (Wildman–Crippen LogP) is 11.3. The van der Waals surface area contributed by atoms with E-state index in [-0.39, 0.29) is 0 Å². The van der Waals surface area contributed by atoms with Crippen molar-refractivity contribution in [2.45, 2.75) is 13.8 Å². The van der Waals surface area contributed by atoms with Crippen molar-refractivity contribution in [3.05, 3.63) is 151 Å². The van der Waals surface area contributed by atoms with Crippen molar-refractivity contribution in [1.29, 1.82) is 0 Å². The van der Waals surface area contributed by atoms with E-state index in [4.69, 9.17) is 0 Å². The lowest BCUT2D eigenvalue weighted by Gasteiger charge is -2.19. The minimum Gasteiger partial charge on any atom is -0.258 e. The molecule has 1 heteroatoms. The third kappa shape index (κ3) is 4.05. The van der Waals surface area contributed by atoms with Crippen molar-refractivity contribution in [3.63, 3.8) is 0 Å². The summed E-state index contributed by atoms with van der Waals surface area (Å²) in [7, 11) is 0. The van der Waals surface area contributed by atoms with Crippen molar-refractivity contribution in [2.75, 3.05) is 0 Å². The molecule has 0 amide bonds. The van der Waals surface area contributed by atoms with Gasteiger partial charge in [-0.3, -0.25) is 4.98 Å². The average Bonchev–Trinajstić information content (AvgIpc) is 3.02. The summed E-state index contributed by atoms with van der Waals surface area (Å²) in [5, 5.41) is 10.1. The summed E-state index contributed by atoms with van der Waals surface area (Å²) in [4.78, 5) is 4.64. The van der Waals surface area contributed by atoms with Gasteiger partial charge in [0.25, 0.3) is 0 Å². The van der Waals surface area contributed by atoms with Crippen LogP contribution in [0.2, 0.25) is 0 Å². The smallest absolute Gasteiger partial charge is 0.0382 e. The number of nitrogens with zero attached hydrogens (tertiary/aromatic N) is 1. The van der Waals surface area contributed by atoms with Crippen LogP contribution in [0.25, 0.3) is 76.5 Å². The highest BCUT2D eigenvalue weighted by molar-refractivity contribution is 6.22. The number of hydrogen-bond donors (Lipinski definition) is 0. The van der Waals surface area contributed by atoms with Gasteiger partial charge in [0.05, 0.1) is 0 Å². The minimum absolute atomic E-state index is 1.04. The highest BCUT2D eigenvalue weighted by atomic mass is 14.7. The van der Waals surface area contributed by atoms with Gasteiger partial charge in [-0.05, 0) is 121 Å². The van der Waals surface area contributed by atoms with Crippen LogP contribution in [-0.4, -0.2) is 4.98 Å². The van der Waals surface area contributed by atoms with E-state index in [9.17, 15) is 0 Å². The minimum atomic E-state index is 1.04. The molecule has 8 rings (SSSR count). The molecule has 0 aliphatic carbocycles. The van der Waals surface area contributed by atoms with Crippen molar-refractivity contribution in [2.24, 2.45) is 0 Å². The zero-order valence-electron chi connectivity index (χ0n) is 23.7. The van der Waals surface area contributed by atoms with Gasteiger partial charge in [0.1, 0.15) is 0 Å². The van der Waals surface area contributed by atoms with E-state index < -0.39 is 0 Å². The summed E-state index contributed by atoms with van der Waals surface area (Å²) >= 11 is 0. The number of fused-ring (bicyclic) bond motifs is 4. The number of aromatic nitrogens is 1. The van der Waals surface area contributed by atoms with Crippen LogP contribution in [0.15, 0.2) is 140 Å². The molecule has 0 N–H and O–H groups in total. The van der Waals surface area contributed by atoms with Crippen molar-refractivity contribution in [3.8, 4) is 33.4 Å². The first kappa shape index (κ1) is 24.5. The lowest BCUT2D eigenvalue weighted by Crippen LogP contribution is -1.93. The Kier molecular flexibility index (Phi) is 5.65. The summed E-state index contributed by atoms with van der Waals surface area (Å²) in [6.07, 6.45) is 0. The van der Waals surface area contributed by atoms with Crippen LogP contribution in [0.3, 0.4) is 0 Å². The van der Waals surface area contributed by atoms with Crippen LogP contribution >= 0.6 is 0 Å². The monoisotopic (exact) mass is 535 g/mol. The Labute approximate surface area is 245 Å². The van der Waals surface area contributed by atoms with E-state index in [1.54, 1.807) is 0 Å². The number of aryl methyl sites for hydroxylation is 2. The Bertz CT molecular complexity index is 2310. The third-order valence-corrected chi connectivity index (χ3v) is 8.52. The average molecular weight is 536 g/mol. The zero-order valence-corrected chi connectivity index (χ0v) is 23.7. The molecule has 8 aromatic rings. The molecular formula is C41H29N. The molecular weight excluding hydrogens is 506 g/mol. The van der Waals surface area contributed by atoms with Crippen LogP contribution < -0.4 is 0 Å². The van der Waals surface area contributed by atoms with Gasteiger partial charge in [-0.1, -0.05) is 109 Å². The van der Waals surface area contributed by atoms with Crippen molar-refractivity contribution in [1.82, 2.24) is 4.98 Å². The Morgan fingerprint density at radius 2 is 0.786 bits per heavy atom. The van der Waals surface area contributed by atoms with E-state index >= 15 is 0 Å². The molecule has 0 bridgehead atoms. The fraction of sp³-hybridized carbons (Fsp3) is 0.0488. The highest BCUT2D eigenvalue weighted by Crippen LogP contribution is 2.45. The molecule has 0 aliphatic heterocycles. The van der Waals surface area contributed by atoms with Gasteiger partial charge in [0.2, 0.25) is 0 Å². The van der Waals surface area contributed by atoms with Crippen molar-refractivity contribution < 1.29 is 0 Å². The topological polar surface area (TPSA) is 12.9 Å². The molecule has 198 valence electrons. The quantitative estimate of drug-likeness (QED) is 0.205. The summed E-state index contributed by atoms with van der Waals surface area (Å²) in [6, 6.07) is 51.3. The molecule has 0 aliphatic rings. The number of rotatable bonds is 3. The summed E-state index contributed by atoms with van der Waals surface area (Å²) in [6.45, 7) is 4.15. The number of pyridine rings is 1. The molecule has 1 heterocycles. The second-order valence-electron chi connectivity index (χ2n) is 11.3. The second kappa shape index (κ2) is 9.68. The van der Waals surface area contributed by atoms with Gasteiger partial charge in [0.15, 0.2) is 0 Å².